The fraction of sp³-hybridized carbons (Fsp3) is 0.733. The van der Waals surface area contributed by atoms with Gasteiger partial charge in [-0.3, -0.25) is 9.58 Å². The van der Waals surface area contributed by atoms with Gasteiger partial charge in [-0.15, -0.1) is 0 Å². The van der Waals surface area contributed by atoms with E-state index in [1.54, 1.807) is 6.07 Å². The van der Waals surface area contributed by atoms with Gasteiger partial charge in [-0.2, -0.15) is 5.10 Å². The minimum atomic E-state index is -0.934. The first-order valence-electron chi connectivity index (χ1n) is 7.58. The van der Waals surface area contributed by atoms with Crippen molar-refractivity contribution in [2.45, 2.75) is 52.6 Å². The van der Waals surface area contributed by atoms with Crippen LogP contribution in [-0.2, 0) is 6.54 Å². The lowest BCUT2D eigenvalue weighted by Gasteiger charge is -2.31. The van der Waals surface area contributed by atoms with Crippen LogP contribution in [0.15, 0.2) is 6.07 Å². The van der Waals surface area contributed by atoms with Gasteiger partial charge < -0.3 is 5.11 Å². The summed E-state index contributed by atoms with van der Waals surface area (Å²) in [4.78, 5) is 13.6. The Morgan fingerprint density at radius 2 is 2.30 bits per heavy atom. The monoisotopic (exact) mass is 279 g/mol. The van der Waals surface area contributed by atoms with Gasteiger partial charge in [0.1, 0.15) is 0 Å². The van der Waals surface area contributed by atoms with Crippen LogP contribution >= 0.6 is 0 Å². The van der Waals surface area contributed by atoms with Crippen LogP contribution < -0.4 is 0 Å². The number of aryl methyl sites for hydroxylation is 1. The third-order valence-corrected chi connectivity index (χ3v) is 3.92. The van der Waals surface area contributed by atoms with E-state index in [0.29, 0.717) is 12.0 Å². The minimum Gasteiger partial charge on any atom is -0.476 e. The minimum absolute atomic E-state index is 0.174. The molecule has 0 aliphatic carbocycles. The van der Waals surface area contributed by atoms with Crippen molar-refractivity contribution in [2.24, 2.45) is 5.92 Å². The van der Waals surface area contributed by atoms with Crippen molar-refractivity contribution >= 4 is 5.97 Å². The zero-order valence-corrected chi connectivity index (χ0v) is 12.7. The lowest BCUT2D eigenvalue weighted by atomic mass is 10.0. The molecule has 0 aromatic carbocycles. The van der Waals surface area contributed by atoms with E-state index >= 15 is 0 Å². The van der Waals surface area contributed by atoms with Gasteiger partial charge in [-0.05, 0) is 37.8 Å². The van der Waals surface area contributed by atoms with Crippen LogP contribution in [-0.4, -0.2) is 38.8 Å². The summed E-state index contributed by atoms with van der Waals surface area (Å²) in [5, 5.41) is 13.4. The number of rotatable bonds is 5. The van der Waals surface area contributed by atoms with Gasteiger partial charge in [-0.25, -0.2) is 4.79 Å². The quantitative estimate of drug-likeness (QED) is 0.900. The van der Waals surface area contributed by atoms with Crippen LogP contribution in [0, 0.1) is 5.92 Å². The van der Waals surface area contributed by atoms with Crippen molar-refractivity contribution in [3.8, 4) is 0 Å². The lowest BCUT2D eigenvalue weighted by Crippen LogP contribution is -2.32. The highest BCUT2D eigenvalue weighted by atomic mass is 16.4. The zero-order chi connectivity index (χ0) is 14.7. The van der Waals surface area contributed by atoms with Gasteiger partial charge in [0, 0.05) is 13.1 Å². The highest BCUT2D eigenvalue weighted by Crippen LogP contribution is 2.30. The number of hydrogen-bond acceptors (Lipinski definition) is 3. The molecular formula is C15H25N3O2. The molecule has 5 nitrogen and oxygen atoms in total. The van der Waals surface area contributed by atoms with Crippen molar-refractivity contribution in [1.29, 1.82) is 0 Å². The molecule has 20 heavy (non-hydrogen) atoms. The van der Waals surface area contributed by atoms with E-state index in [-0.39, 0.29) is 5.69 Å². The number of fused-ring (bicyclic) bond motifs is 1. The maximum atomic E-state index is 11.1. The lowest BCUT2D eigenvalue weighted by molar-refractivity contribution is 0.0689. The summed E-state index contributed by atoms with van der Waals surface area (Å²) in [6, 6.07) is 2.06. The van der Waals surface area contributed by atoms with Gasteiger partial charge in [0.2, 0.25) is 0 Å². The molecule has 2 rings (SSSR count). The molecule has 0 fully saturated rings. The van der Waals surface area contributed by atoms with E-state index < -0.39 is 5.97 Å². The smallest absolute Gasteiger partial charge is 0.356 e. The maximum Gasteiger partial charge on any atom is 0.356 e. The van der Waals surface area contributed by atoms with Crippen LogP contribution in [0.3, 0.4) is 0 Å². The largest absolute Gasteiger partial charge is 0.476 e. The standard InChI is InChI=1S/C15H25N3O2/c1-4-17(10-11(2)3)13-7-5-6-8-18-14(13)9-12(16-18)15(19)20/h9,11,13H,4-8,10H2,1-3H3,(H,19,20). The number of carboxylic acid groups (broad SMARTS) is 1. The topological polar surface area (TPSA) is 58.4 Å². The first-order chi connectivity index (χ1) is 9.52. The molecule has 0 amide bonds. The second-order valence-corrected chi connectivity index (χ2v) is 5.98. The molecule has 2 heterocycles. The average Bonchev–Trinajstić information content (AvgIpc) is 2.72. The van der Waals surface area contributed by atoms with Crippen molar-refractivity contribution in [3.63, 3.8) is 0 Å². The van der Waals surface area contributed by atoms with Crippen LogP contribution in [0.1, 0.15) is 62.3 Å². The second-order valence-electron chi connectivity index (χ2n) is 5.98. The number of carbonyl (C=O) groups is 1. The van der Waals surface area contributed by atoms with Gasteiger partial charge in [0.25, 0.3) is 0 Å². The normalized spacial score (nSPS) is 19.1. The Labute approximate surface area is 120 Å². The predicted octanol–water partition coefficient (Wildman–Crippen LogP) is 2.78. The fourth-order valence-corrected chi connectivity index (χ4v) is 3.05. The number of aromatic nitrogens is 2. The molecule has 0 bridgehead atoms. The summed E-state index contributed by atoms with van der Waals surface area (Å²) < 4.78 is 1.91. The Kier molecular flexibility index (Phi) is 4.81. The molecule has 0 radical (unpaired) electrons. The molecule has 5 heteroatoms. The van der Waals surface area contributed by atoms with Crippen LogP contribution in [0.4, 0.5) is 0 Å². The van der Waals surface area contributed by atoms with E-state index in [2.05, 4.69) is 30.8 Å². The first-order valence-corrected chi connectivity index (χ1v) is 7.58. The van der Waals surface area contributed by atoms with Crippen molar-refractivity contribution < 1.29 is 9.90 Å². The number of nitrogens with zero attached hydrogens (tertiary/aromatic N) is 3. The molecule has 1 aromatic rings. The highest BCUT2D eigenvalue weighted by molar-refractivity contribution is 5.85. The molecule has 1 aromatic heterocycles. The molecule has 0 spiro atoms. The third kappa shape index (κ3) is 3.20. The average molecular weight is 279 g/mol. The molecule has 112 valence electrons. The molecule has 1 unspecified atom stereocenters. The maximum absolute atomic E-state index is 11.1. The van der Waals surface area contributed by atoms with Crippen molar-refractivity contribution in [2.75, 3.05) is 13.1 Å². The van der Waals surface area contributed by atoms with E-state index in [0.717, 1.165) is 38.2 Å². The summed E-state index contributed by atoms with van der Waals surface area (Å²) >= 11 is 0. The molecule has 0 saturated heterocycles. The second kappa shape index (κ2) is 6.39. The highest BCUT2D eigenvalue weighted by Gasteiger charge is 2.27. The van der Waals surface area contributed by atoms with Gasteiger partial charge >= 0.3 is 5.97 Å². The first kappa shape index (κ1) is 15.0. The van der Waals surface area contributed by atoms with E-state index in [4.69, 9.17) is 5.11 Å². The summed E-state index contributed by atoms with van der Waals surface area (Å²) in [5.41, 5.74) is 1.25. The molecule has 0 saturated carbocycles. The molecule has 1 aliphatic heterocycles. The van der Waals surface area contributed by atoms with Gasteiger partial charge in [-0.1, -0.05) is 20.8 Å². The fourth-order valence-electron chi connectivity index (χ4n) is 3.05. The molecule has 1 aliphatic rings. The number of carboxylic acids is 1. The van der Waals surface area contributed by atoms with Crippen LogP contribution in [0.2, 0.25) is 0 Å². The summed E-state index contributed by atoms with van der Waals surface area (Å²) in [5.74, 6) is -0.329. The Morgan fingerprint density at radius 3 is 2.90 bits per heavy atom. The number of aromatic carboxylic acids is 1. The molecule has 1 N–H and O–H groups in total. The third-order valence-electron chi connectivity index (χ3n) is 3.92. The Hall–Kier alpha value is -1.36. The Balaban J connectivity index is 2.31. The van der Waals surface area contributed by atoms with Crippen molar-refractivity contribution in [3.05, 3.63) is 17.5 Å². The SMILES string of the molecule is CCN(CC(C)C)C1CCCCn2nc(C(=O)O)cc21. The Bertz CT molecular complexity index is 468. The van der Waals surface area contributed by atoms with E-state index in [1.165, 1.54) is 6.42 Å². The number of hydrogen-bond donors (Lipinski definition) is 1. The summed E-state index contributed by atoms with van der Waals surface area (Å²) in [7, 11) is 0. The zero-order valence-electron chi connectivity index (χ0n) is 12.7. The van der Waals surface area contributed by atoms with E-state index in [9.17, 15) is 4.79 Å². The molecular weight excluding hydrogens is 254 g/mol. The van der Waals surface area contributed by atoms with Gasteiger partial charge in [0.15, 0.2) is 5.69 Å². The van der Waals surface area contributed by atoms with Crippen LogP contribution in [0.5, 0.6) is 0 Å². The molecule has 1 atom stereocenters. The predicted molar refractivity (Wildman–Crippen MR) is 77.9 cm³/mol. The summed E-state index contributed by atoms with van der Waals surface area (Å²) in [6.07, 6.45) is 3.33. The van der Waals surface area contributed by atoms with Crippen molar-refractivity contribution in [1.82, 2.24) is 14.7 Å². The van der Waals surface area contributed by atoms with Gasteiger partial charge in [0.05, 0.1) is 11.7 Å². The van der Waals surface area contributed by atoms with Crippen LogP contribution in [0.25, 0.3) is 0 Å². The summed E-state index contributed by atoms with van der Waals surface area (Å²) in [6.45, 7) is 9.47. The van der Waals surface area contributed by atoms with E-state index in [1.807, 2.05) is 4.68 Å². The Morgan fingerprint density at radius 1 is 1.55 bits per heavy atom.